The van der Waals surface area contributed by atoms with Crippen LogP contribution < -0.4 is 5.73 Å². The molecule has 0 amide bonds. The summed E-state index contributed by atoms with van der Waals surface area (Å²) in [6, 6.07) is 8.44. The van der Waals surface area contributed by atoms with Gasteiger partial charge >= 0.3 is 0 Å². The number of benzene rings is 2. The van der Waals surface area contributed by atoms with Crippen LogP contribution in [-0.2, 0) is 0 Å². The van der Waals surface area contributed by atoms with Crippen molar-refractivity contribution in [3.63, 3.8) is 0 Å². The van der Waals surface area contributed by atoms with Crippen molar-refractivity contribution in [2.75, 3.05) is 6.54 Å². The molecule has 2 aromatic rings. The van der Waals surface area contributed by atoms with E-state index in [1.54, 1.807) is 6.07 Å². The van der Waals surface area contributed by atoms with E-state index in [2.05, 4.69) is 15.9 Å². The molecular formula is C15H13BrClF2NO. The van der Waals surface area contributed by atoms with Gasteiger partial charge in [-0.3, -0.25) is 0 Å². The molecule has 2 aromatic carbocycles. The molecule has 0 aromatic heterocycles. The first kappa shape index (κ1) is 16.4. The fraction of sp³-hybridized carbons (Fsp3) is 0.200. The van der Waals surface area contributed by atoms with E-state index < -0.39 is 23.7 Å². The van der Waals surface area contributed by atoms with Crippen molar-refractivity contribution >= 4 is 27.5 Å². The predicted octanol–water partition coefficient (Wildman–Crippen LogP) is 4.16. The summed E-state index contributed by atoms with van der Waals surface area (Å²) in [5.41, 5.74) is 6.18. The van der Waals surface area contributed by atoms with E-state index >= 15 is 0 Å². The lowest BCUT2D eigenvalue weighted by atomic mass is 9.89. The molecule has 0 fully saturated rings. The molecule has 0 heterocycles. The van der Waals surface area contributed by atoms with Crippen LogP contribution in [0.5, 0.6) is 0 Å². The Hall–Kier alpha value is -1.01. The Bertz CT molecular complexity index is 654. The van der Waals surface area contributed by atoms with Gasteiger partial charge in [0.15, 0.2) is 0 Å². The van der Waals surface area contributed by atoms with Gasteiger partial charge in [-0.1, -0.05) is 39.7 Å². The Kier molecular flexibility index (Phi) is 5.32. The zero-order valence-corrected chi connectivity index (χ0v) is 13.2. The highest BCUT2D eigenvalue weighted by atomic mass is 79.9. The molecule has 0 aliphatic carbocycles. The van der Waals surface area contributed by atoms with E-state index in [4.69, 9.17) is 17.3 Å². The standard InChI is InChI=1S/C15H13BrClF2NO/c16-12-5-4-8(18)6-10(12)15(21)11(7-20)9-2-1-3-13(17)14(9)19/h1-6,11,15,21H,7,20H2. The normalized spacial score (nSPS) is 14.0. The lowest BCUT2D eigenvalue weighted by Gasteiger charge is -2.24. The first-order valence-electron chi connectivity index (χ1n) is 6.22. The van der Waals surface area contributed by atoms with Crippen LogP contribution in [0.3, 0.4) is 0 Å². The minimum atomic E-state index is -1.16. The molecule has 21 heavy (non-hydrogen) atoms. The van der Waals surface area contributed by atoms with Crippen molar-refractivity contribution in [3.8, 4) is 0 Å². The molecule has 0 radical (unpaired) electrons. The number of hydrogen-bond acceptors (Lipinski definition) is 2. The molecule has 0 saturated carbocycles. The molecule has 0 aliphatic rings. The molecule has 2 rings (SSSR count). The molecule has 6 heteroatoms. The third-order valence-corrected chi connectivity index (χ3v) is 4.31. The van der Waals surface area contributed by atoms with Crippen LogP contribution in [0.2, 0.25) is 5.02 Å². The number of aliphatic hydroxyl groups excluding tert-OH is 1. The maximum absolute atomic E-state index is 14.1. The quantitative estimate of drug-likeness (QED) is 0.842. The average molecular weight is 377 g/mol. The Labute approximate surface area is 134 Å². The molecule has 0 saturated heterocycles. The van der Waals surface area contributed by atoms with Crippen LogP contribution in [-0.4, -0.2) is 11.7 Å². The van der Waals surface area contributed by atoms with Crippen molar-refractivity contribution < 1.29 is 13.9 Å². The molecule has 0 spiro atoms. The summed E-state index contributed by atoms with van der Waals surface area (Å²) in [5.74, 6) is -1.85. The van der Waals surface area contributed by atoms with Gasteiger partial charge in [0.2, 0.25) is 0 Å². The zero-order valence-electron chi connectivity index (χ0n) is 10.9. The molecule has 112 valence electrons. The fourth-order valence-corrected chi connectivity index (χ4v) is 2.85. The van der Waals surface area contributed by atoms with E-state index in [1.165, 1.54) is 30.3 Å². The summed E-state index contributed by atoms with van der Waals surface area (Å²) in [5, 5.41) is 10.4. The summed E-state index contributed by atoms with van der Waals surface area (Å²) in [7, 11) is 0. The summed E-state index contributed by atoms with van der Waals surface area (Å²) in [4.78, 5) is 0. The van der Waals surface area contributed by atoms with Crippen molar-refractivity contribution in [1.29, 1.82) is 0 Å². The van der Waals surface area contributed by atoms with Crippen LogP contribution in [0.4, 0.5) is 8.78 Å². The lowest BCUT2D eigenvalue weighted by Crippen LogP contribution is -2.21. The monoisotopic (exact) mass is 375 g/mol. The van der Waals surface area contributed by atoms with Crippen LogP contribution in [0.25, 0.3) is 0 Å². The number of hydrogen-bond donors (Lipinski definition) is 2. The van der Waals surface area contributed by atoms with Crippen molar-refractivity contribution in [3.05, 3.63) is 68.7 Å². The minimum absolute atomic E-state index is 0.0125. The van der Waals surface area contributed by atoms with E-state index in [0.29, 0.717) is 10.0 Å². The number of aliphatic hydroxyl groups is 1. The van der Waals surface area contributed by atoms with Crippen LogP contribution in [0.1, 0.15) is 23.1 Å². The summed E-state index contributed by atoms with van der Waals surface area (Å²) >= 11 is 9.00. The van der Waals surface area contributed by atoms with E-state index in [0.717, 1.165) is 0 Å². The highest BCUT2D eigenvalue weighted by Crippen LogP contribution is 2.36. The molecule has 0 bridgehead atoms. The fourth-order valence-electron chi connectivity index (χ4n) is 2.19. The van der Waals surface area contributed by atoms with Gasteiger partial charge in [0.05, 0.1) is 11.1 Å². The van der Waals surface area contributed by atoms with Gasteiger partial charge in [0.25, 0.3) is 0 Å². The van der Waals surface area contributed by atoms with E-state index in [1.807, 2.05) is 0 Å². The van der Waals surface area contributed by atoms with Crippen molar-refractivity contribution in [2.24, 2.45) is 5.73 Å². The van der Waals surface area contributed by atoms with Crippen molar-refractivity contribution in [2.45, 2.75) is 12.0 Å². The smallest absolute Gasteiger partial charge is 0.145 e. The second-order valence-electron chi connectivity index (χ2n) is 4.60. The molecule has 2 unspecified atom stereocenters. The lowest BCUT2D eigenvalue weighted by molar-refractivity contribution is 0.144. The van der Waals surface area contributed by atoms with Crippen molar-refractivity contribution in [1.82, 2.24) is 0 Å². The highest BCUT2D eigenvalue weighted by Gasteiger charge is 2.26. The third kappa shape index (κ3) is 3.43. The van der Waals surface area contributed by atoms with Gasteiger partial charge in [0, 0.05) is 16.9 Å². The summed E-state index contributed by atoms with van der Waals surface area (Å²) in [6.45, 7) is -0.0125. The second kappa shape index (κ2) is 6.83. The first-order chi connectivity index (χ1) is 9.95. The maximum Gasteiger partial charge on any atom is 0.145 e. The number of rotatable bonds is 4. The zero-order chi connectivity index (χ0) is 15.6. The highest BCUT2D eigenvalue weighted by molar-refractivity contribution is 9.10. The topological polar surface area (TPSA) is 46.2 Å². The van der Waals surface area contributed by atoms with Gasteiger partial charge in [-0.15, -0.1) is 0 Å². The van der Waals surface area contributed by atoms with Gasteiger partial charge < -0.3 is 10.8 Å². The van der Waals surface area contributed by atoms with Gasteiger partial charge in [0.1, 0.15) is 11.6 Å². The summed E-state index contributed by atoms with van der Waals surface area (Å²) in [6.07, 6.45) is -1.16. The largest absolute Gasteiger partial charge is 0.388 e. The minimum Gasteiger partial charge on any atom is -0.388 e. The first-order valence-corrected chi connectivity index (χ1v) is 7.39. The predicted molar refractivity (Wildman–Crippen MR) is 82.3 cm³/mol. The summed E-state index contributed by atoms with van der Waals surface area (Å²) < 4.78 is 28.0. The molecule has 2 atom stereocenters. The van der Waals surface area contributed by atoms with Gasteiger partial charge in [-0.05, 0) is 35.4 Å². The van der Waals surface area contributed by atoms with Gasteiger partial charge in [-0.2, -0.15) is 0 Å². The number of nitrogens with two attached hydrogens (primary N) is 1. The van der Waals surface area contributed by atoms with Crippen LogP contribution >= 0.6 is 27.5 Å². The molecule has 2 nitrogen and oxygen atoms in total. The Morgan fingerprint density at radius 1 is 1.19 bits per heavy atom. The third-order valence-electron chi connectivity index (χ3n) is 3.29. The number of halogens is 4. The van der Waals surface area contributed by atoms with Gasteiger partial charge in [-0.25, -0.2) is 8.78 Å². The van der Waals surface area contributed by atoms with E-state index in [-0.39, 0.29) is 17.1 Å². The molecule has 3 N–H and O–H groups in total. The maximum atomic E-state index is 14.1. The Balaban J connectivity index is 2.45. The SMILES string of the molecule is NCC(c1cccc(Cl)c1F)C(O)c1cc(F)ccc1Br. The van der Waals surface area contributed by atoms with Crippen LogP contribution in [0.15, 0.2) is 40.9 Å². The van der Waals surface area contributed by atoms with E-state index in [9.17, 15) is 13.9 Å². The average Bonchev–Trinajstić information content (AvgIpc) is 2.46. The van der Waals surface area contributed by atoms with Crippen LogP contribution in [0, 0.1) is 11.6 Å². The Morgan fingerprint density at radius 2 is 1.90 bits per heavy atom. The molecular weight excluding hydrogens is 364 g/mol. The molecule has 0 aliphatic heterocycles. The Morgan fingerprint density at radius 3 is 2.57 bits per heavy atom. The second-order valence-corrected chi connectivity index (χ2v) is 5.86.